The van der Waals surface area contributed by atoms with Crippen molar-refractivity contribution in [3.8, 4) is 11.5 Å². The second kappa shape index (κ2) is 8.43. The number of rotatable bonds is 7. The second-order valence-corrected chi connectivity index (χ2v) is 6.53. The van der Waals surface area contributed by atoms with Gasteiger partial charge in [0, 0.05) is 30.1 Å². The lowest BCUT2D eigenvalue weighted by Gasteiger charge is -2.14. The SMILES string of the molecule is COc1cc(Nc2ccc(Cl)c(OCCN(C)C)c2)ccc1Br. The Morgan fingerprint density at radius 2 is 1.74 bits per heavy atom. The van der Waals surface area contributed by atoms with Gasteiger partial charge in [0.1, 0.15) is 18.1 Å². The summed E-state index contributed by atoms with van der Waals surface area (Å²) < 4.78 is 12.0. The number of nitrogens with one attached hydrogen (secondary N) is 1. The fourth-order valence-electron chi connectivity index (χ4n) is 1.93. The van der Waals surface area contributed by atoms with E-state index < -0.39 is 0 Å². The van der Waals surface area contributed by atoms with E-state index in [-0.39, 0.29) is 0 Å². The van der Waals surface area contributed by atoms with E-state index in [4.69, 9.17) is 21.1 Å². The molecule has 1 N–H and O–H groups in total. The van der Waals surface area contributed by atoms with E-state index in [0.29, 0.717) is 17.4 Å². The van der Waals surface area contributed by atoms with Crippen molar-refractivity contribution in [2.45, 2.75) is 0 Å². The molecule has 124 valence electrons. The van der Waals surface area contributed by atoms with Crippen LogP contribution in [0.2, 0.25) is 5.02 Å². The summed E-state index contributed by atoms with van der Waals surface area (Å²) in [5.41, 5.74) is 1.82. The summed E-state index contributed by atoms with van der Waals surface area (Å²) in [6, 6.07) is 11.5. The highest BCUT2D eigenvalue weighted by molar-refractivity contribution is 9.10. The Balaban J connectivity index is 2.11. The molecule has 0 saturated carbocycles. The smallest absolute Gasteiger partial charge is 0.140 e. The van der Waals surface area contributed by atoms with E-state index >= 15 is 0 Å². The molecule has 0 saturated heterocycles. The quantitative estimate of drug-likeness (QED) is 0.725. The van der Waals surface area contributed by atoms with Gasteiger partial charge in [-0.25, -0.2) is 0 Å². The van der Waals surface area contributed by atoms with Crippen LogP contribution in [0, 0.1) is 0 Å². The third-order valence-corrected chi connectivity index (χ3v) is 4.13. The number of methoxy groups -OCH3 is 1. The predicted octanol–water partition coefficient (Wildman–Crippen LogP) is 4.80. The van der Waals surface area contributed by atoms with Crippen molar-refractivity contribution in [1.82, 2.24) is 4.90 Å². The molecule has 23 heavy (non-hydrogen) atoms. The van der Waals surface area contributed by atoms with Gasteiger partial charge in [-0.1, -0.05) is 11.6 Å². The first-order chi connectivity index (χ1) is 11.0. The summed E-state index contributed by atoms with van der Waals surface area (Å²) in [7, 11) is 5.65. The van der Waals surface area contributed by atoms with Gasteiger partial charge in [-0.3, -0.25) is 0 Å². The number of nitrogens with zero attached hydrogens (tertiary/aromatic N) is 1. The highest BCUT2D eigenvalue weighted by Gasteiger charge is 2.06. The lowest BCUT2D eigenvalue weighted by atomic mass is 10.2. The Bertz CT molecular complexity index is 665. The molecule has 2 aromatic rings. The van der Waals surface area contributed by atoms with E-state index in [1.54, 1.807) is 7.11 Å². The van der Waals surface area contributed by atoms with Crippen LogP contribution in [0.3, 0.4) is 0 Å². The van der Waals surface area contributed by atoms with Gasteiger partial charge in [0.25, 0.3) is 0 Å². The molecule has 0 bridgehead atoms. The van der Waals surface area contributed by atoms with Gasteiger partial charge in [0.15, 0.2) is 0 Å². The Labute approximate surface area is 150 Å². The zero-order chi connectivity index (χ0) is 16.8. The standard InChI is InChI=1S/C17H20BrClN2O2/c1-21(2)8-9-23-17-11-13(5-7-15(17)19)20-12-4-6-14(18)16(10-12)22-3/h4-7,10-11,20H,8-9H2,1-3H3. The zero-order valence-electron chi connectivity index (χ0n) is 13.4. The summed E-state index contributed by atoms with van der Waals surface area (Å²) in [5.74, 6) is 1.44. The van der Waals surface area contributed by atoms with Crippen LogP contribution in [0.1, 0.15) is 0 Å². The van der Waals surface area contributed by atoms with Crippen LogP contribution in [0.4, 0.5) is 11.4 Å². The van der Waals surface area contributed by atoms with Crippen molar-refractivity contribution >= 4 is 38.9 Å². The van der Waals surface area contributed by atoms with Crippen molar-refractivity contribution in [2.75, 3.05) is 39.7 Å². The van der Waals surface area contributed by atoms with E-state index in [2.05, 4.69) is 26.1 Å². The Hall–Kier alpha value is -1.43. The van der Waals surface area contributed by atoms with Crippen LogP contribution in [0.5, 0.6) is 11.5 Å². The van der Waals surface area contributed by atoms with Crippen LogP contribution in [0.15, 0.2) is 40.9 Å². The van der Waals surface area contributed by atoms with Gasteiger partial charge in [-0.05, 0) is 54.3 Å². The fraction of sp³-hybridized carbons (Fsp3) is 0.294. The molecule has 0 unspecified atom stereocenters. The maximum Gasteiger partial charge on any atom is 0.140 e. The number of likely N-dealkylation sites (N-methyl/N-ethyl adjacent to an activating group) is 1. The van der Waals surface area contributed by atoms with Gasteiger partial charge < -0.3 is 19.7 Å². The average molecular weight is 400 g/mol. The summed E-state index contributed by atoms with van der Waals surface area (Å²) in [6.45, 7) is 1.42. The van der Waals surface area contributed by atoms with E-state index in [0.717, 1.165) is 28.1 Å². The molecule has 0 aliphatic heterocycles. The molecule has 0 amide bonds. The number of halogens is 2. The molecule has 2 rings (SSSR count). The molecule has 0 fully saturated rings. The first-order valence-electron chi connectivity index (χ1n) is 7.17. The number of anilines is 2. The van der Waals surface area contributed by atoms with Crippen LogP contribution in [-0.2, 0) is 0 Å². The maximum atomic E-state index is 6.19. The van der Waals surface area contributed by atoms with Crippen molar-refractivity contribution in [2.24, 2.45) is 0 Å². The predicted molar refractivity (Wildman–Crippen MR) is 99.5 cm³/mol. The topological polar surface area (TPSA) is 33.7 Å². The molecule has 0 heterocycles. The lowest BCUT2D eigenvalue weighted by molar-refractivity contribution is 0.261. The second-order valence-electron chi connectivity index (χ2n) is 5.27. The summed E-state index contributed by atoms with van der Waals surface area (Å²) in [5, 5.41) is 3.92. The first-order valence-corrected chi connectivity index (χ1v) is 8.34. The Kier molecular flexibility index (Phi) is 6.57. The van der Waals surface area contributed by atoms with Crippen LogP contribution >= 0.6 is 27.5 Å². The minimum atomic E-state index is 0.586. The summed E-state index contributed by atoms with van der Waals surface area (Å²) in [4.78, 5) is 2.06. The Morgan fingerprint density at radius 3 is 2.39 bits per heavy atom. The highest BCUT2D eigenvalue weighted by atomic mass is 79.9. The van der Waals surface area contributed by atoms with Crippen LogP contribution in [-0.4, -0.2) is 39.3 Å². The third kappa shape index (κ3) is 5.30. The number of hydrogen-bond donors (Lipinski definition) is 1. The molecule has 6 heteroatoms. The van der Waals surface area contributed by atoms with Crippen LogP contribution in [0.25, 0.3) is 0 Å². The monoisotopic (exact) mass is 398 g/mol. The average Bonchev–Trinajstić information content (AvgIpc) is 2.52. The van der Waals surface area contributed by atoms with Crippen molar-refractivity contribution in [3.05, 3.63) is 45.9 Å². The minimum absolute atomic E-state index is 0.586. The maximum absolute atomic E-state index is 6.19. The molecule has 0 radical (unpaired) electrons. The molecule has 0 aliphatic carbocycles. The zero-order valence-corrected chi connectivity index (χ0v) is 15.7. The molecular weight excluding hydrogens is 380 g/mol. The molecule has 0 aromatic heterocycles. The van der Waals surface area contributed by atoms with Gasteiger partial charge >= 0.3 is 0 Å². The normalized spacial score (nSPS) is 10.7. The minimum Gasteiger partial charge on any atom is -0.495 e. The molecule has 2 aromatic carbocycles. The molecule has 0 aliphatic rings. The van der Waals surface area contributed by atoms with Gasteiger partial charge in [-0.2, -0.15) is 0 Å². The number of hydrogen-bond acceptors (Lipinski definition) is 4. The van der Waals surface area contributed by atoms with Gasteiger partial charge in [-0.15, -0.1) is 0 Å². The summed E-state index contributed by atoms with van der Waals surface area (Å²) >= 11 is 9.63. The number of ether oxygens (including phenoxy) is 2. The van der Waals surface area contributed by atoms with Crippen molar-refractivity contribution < 1.29 is 9.47 Å². The van der Waals surface area contributed by atoms with Crippen molar-refractivity contribution in [1.29, 1.82) is 0 Å². The van der Waals surface area contributed by atoms with E-state index in [9.17, 15) is 0 Å². The highest BCUT2D eigenvalue weighted by Crippen LogP contribution is 2.32. The van der Waals surface area contributed by atoms with Crippen molar-refractivity contribution in [3.63, 3.8) is 0 Å². The van der Waals surface area contributed by atoms with Crippen LogP contribution < -0.4 is 14.8 Å². The Morgan fingerprint density at radius 1 is 1.09 bits per heavy atom. The fourth-order valence-corrected chi connectivity index (χ4v) is 2.51. The number of benzene rings is 2. The van der Waals surface area contributed by atoms with Gasteiger partial charge in [0.05, 0.1) is 16.6 Å². The molecular formula is C17H20BrClN2O2. The largest absolute Gasteiger partial charge is 0.495 e. The van der Waals surface area contributed by atoms with E-state index in [1.807, 2.05) is 50.5 Å². The molecule has 4 nitrogen and oxygen atoms in total. The van der Waals surface area contributed by atoms with E-state index in [1.165, 1.54) is 0 Å². The molecule has 0 spiro atoms. The first kappa shape index (κ1) is 17.9. The third-order valence-electron chi connectivity index (χ3n) is 3.17. The van der Waals surface area contributed by atoms with Gasteiger partial charge in [0.2, 0.25) is 0 Å². The lowest BCUT2D eigenvalue weighted by Crippen LogP contribution is -2.19. The summed E-state index contributed by atoms with van der Waals surface area (Å²) in [6.07, 6.45) is 0. The molecule has 0 atom stereocenters.